The highest BCUT2D eigenvalue weighted by atomic mass is 19.4. The van der Waals surface area contributed by atoms with Crippen molar-refractivity contribution in [1.82, 2.24) is 4.98 Å². The summed E-state index contributed by atoms with van der Waals surface area (Å²) in [5.41, 5.74) is 0. The number of anilines is 1. The molecule has 0 N–H and O–H groups in total. The van der Waals surface area contributed by atoms with Gasteiger partial charge in [-0.2, -0.15) is 0 Å². The van der Waals surface area contributed by atoms with E-state index in [1.165, 1.54) is 25.0 Å². The Hall–Kier alpha value is -1.46. The van der Waals surface area contributed by atoms with Crippen LogP contribution >= 0.6 is 0 Å². The molecular weight excluding hydrogens is 233 g/mol. The first-order valence-electron chi connectivity index (χ1n) is 5.37. The van der Waals surface area contributed by atoms with Gasteiger partial charge in [-0.05, 0) is 30.9 Å². The van der Waals surface area contributed by atoms with Crippen LogP contribution in [0, 0.1) is 5.92 Å². The fraction of sp³-hybridized carbons (Fsp3) is 0.545. The Morgan fingerprint density at radius 2 is 2.12 bits per heavy atom. The fourth-order valence-electron chi connectivity index (χ4n) is 1.57. The Balaban J connectivity index is 1.96. The highest BCUT2D eigenvalue weighted by molar-refractivity contribution is 5.40. The Morgan fingerprint density at radius 1 is 1.41 bits per heavy atom. The monoisotopic (exact) mass is 246 g/mol. The molecule has 0 radical (unpaired) electrons. The van der Waals surface area contributed by atoms with Crippen molar-refractivity contribution in [3.05, 3.63) is 18.3 Å². The summed E-state index contributed by atoms with van der Waals surface area (Å²) in [6, 6.07) is 2.81. The molecule has 1 aromatic heterocycles. The van der Waals surface area contributed by atoms with E-state index in [9.17, 15) is 13.2 Å². The van der Waals surface area contributed by atoms with E-state index < -0.39 is 6.36 Å². The third-order valence-electron chi connectivity index (χ3n) is 2.57. The zero-order chi connectivity index (χ0) is 12.5. The van der Waals surface area contributed by atoms with Gasteiger partial charge in [-0.15, -0.1) is 13.2 Å². The van der Waals surface area contributed by atoms with E-state index in [4.69, 9.17) is 0 Å². The number of aromatic nitrogens is 1. The molecule has 0 amide bonds. The molecule has 1 aliphatic carbocycles. The molecule has 0 aliphatic heterocycles. The van der Waals surface area contributed by atoms with Gasteiger partial charge < -0.3 is 9.64 Å². The molecular formula is C11H13F3N2O. The standard InChI is InChI=1S/C11H13F3N2O/c1-16(7-8-2-3-8)10-5-4-9(6-15-10)17-11(12,13)14/h4-6,8H,2-3,7H2,1H3. The summed E-state index contributed by atoms with van der Waals surface area (Å²) in [6.45, 7) is 0.895. The molecule has 17 heavy (non-hydrogen) atoms. The molecule has 0 spiro atoms. The summed E-state index contributed by atoms with van der Waals surface area (Å²) in [7, 11) is 1.88. The zero-order valence-electron chi connectivity index (χ0n) is 9.37. The van der Waals surface area contributed by atoms with Crippen LogP contribution in [0.15, 0.2) is 18.3 Å². The van der Waals surface area contributed by atoms with Gasteiger partial charge in [-0.3, -0.25) is 0 Å². The fourth-order valence-corrected chi connectivity index (χ4v) is 1.57. The number of hydrogen-bond donors (Lipinski definition) is 0. The highest BCUT2D eigenvalue weighted by Gasteiger charge is 2.31. The lowest BCUT2D eigenvalue weighted by Gasteiger charge is -2.18. The molecule has 0 atom stereocenters. The van der Waals surface area contributed by atoms with Gasteiger partial charge in [0.25, 0.3) is 0 Å². The van der Waals surface area contributed by atoms with E-state index in [-0.39, 0.29) is 5.75 Å². The third kappa shape index (κ3) is 3.80. The van der Waals surface area contributed by atoms with Gasteiger partial charge >= 0.3 is 6.36 Å². The lowest BCUT2D eigenvalue weighted by molar-refractivity contribution is -0.274. The van der Waals surface area contributed by atoms with Crippen molar-refractivity contribution in [3.63, 3.8) is 0 Å². The van der Waals surface area contributed by atoms with Crippen LogP contribution in [0.25, 0.3) is 0 Å². The molecule has 1 saturated carbocycles. The van der Waals surface area contributed by atoms with Crippen molar-refractivity contribution in [3.8, 4) is 5.75 Å². The first-order valence-corrected chi connectivity index (χ1v) is 5.37. The minimum absolute atomic E-state index is 0.291. The molecule has 1 fully saturated rings. The smallest absolute Gasteiger partial charge is 0.404 e. The van der Waals surface area contributed by atoms with Gasteiger partial charge in [0.15, 0.2) is 0 Å². The van der Waals surface area contributed by atoms with Crippen LogP contribution in [-0.4, -0.2) is 24.9 Å². The topological polar surface area (TPSA) is 25.4 Å². The number of ether oxygens (including phenoxy) is 1. The number of nitrogens with zero attached hydrogens (tertiary/aromatic N) is 2. The molecule has 0 bridgehead atoms. The first-order chi connectivity index (χ1) is 7.94. The second-order valence-corrected chi connectivity index (χ2v) is 4.22. The highest BCUT2D eigenvalue weighted by Crippen LogP contribution is 2.30. The van der Waals surface area contributed by atoms with Gasteiger partial charge in [0.1, 0.15) is 11.6 Å². The first kappa shape index (κ1) is 12.0. The summed E-state index contributed by atoms with van der Waals surface area (Å²) in [5, 5.41) is 0. The van der Waals surface area contributed by atoms with Crippen LogP contribution in [0.3, 0.4) is 0 Å². The minimum atomic E-state index is -4.66. The Kier molecular flexibility index (Phi) is 3.13. The van der Waals surface area contributed by atoms with Crippen LogP contribution in [0.4, 0.5) is 19.0 Å². The molecule has 0 saturated heterocycles. The van der Waals surface area contributed by atoms with Crippen molar-refractivity contribution in [1.29, 1.82) is 0 Å². The second kappa shape index (κ2) is 4.43. The van der Waals surface area contributed by atoms with E-state index in [0.717, 1.165) is 12.7 Å². The van der Waals surface area contributed by atoms with Gasteiger partial charge in [0, 0.05) is 13.6 Å². The Bertz CT molecular complexity index is 373. The van der Waals surface area contributed by atoms with E-state index in [0.29, 0.717) is 11.7 Å². The van der Waals surface area contributed by atoms with E-state index in [1.807, 2.05) is 11.9 Å². The second-order valence-electron chi connectivity index (χ2n) is 4.22. The number of pyridine rings is 1. The number of alkyl halides is 3. The van der Waals surface area contributed by atoms with Gasteiger partial charge in [-0.25, -0.2) is 4.98 Å². The predicted octanol–water partition coefficient (Wildman–Crippen LogP) is 2.83. The number of hydrogen-bond acceptors (Lipinski definition) is 3. The normalized spacial score (nSPS) is 15.8. The maximum absolute atomic E-state index is 11.9. The van der Waals surface area contributed by atoms with Gasteiger partial charge in [0.05, 0.1) is 6.20 Å². The maximum Gasteiger partial charge on any atom is 0.573 e. The number of halogens is 3. The van der Waals surface area contributed by atoms with E-state index >= 15 is 0 Å². The lowest BCUT2D eigenvalue weighted by atomic mass is 10.3. The van der Waals surface area contributed by atoms with Crippen LogP contribution in [-0.2, 0) is 0 Å². The average molecular weight is 246 g/mol. The van der Waals surface area contributed by atoms with Crippen molar-refractivity contribution in [2.75, 3.05) is 18.5 Å². The summed E-state index contributed by atoms with van der Waals surface area (Å²) >= 11 is 0. The molecule has 2 rings (SSSR count). The van der Waals surface area contributed by atoms with Gasteiger partial charge in [0.2, 0.25) is 0 Å². The summed E-state index contributed by atoms with van der Waals surface area (Å²) in [6.07, 6.45) is -1.13. The molecule has 1 aliphatic rings. The Morgan fingerprint density at radius 3 is 2.59 bits per heavy atom. The van der Waals surface area contributed by atoms with Crippen LogP contribution in [0.1, 0.15) is 12.8 Å². The van der Waals surface area contributed by atoms with Crippen molar-refractivity contribution >= 4 is 5.82 Å². The largest absolute Gasteiger partial charge is 0.573 e. The molecule has 6 heteroatoms. The van der Waals surface area contributed by atoms with E-state index in [1.54, 1.807) is 0 Å². The summed E-state index contributed by atoms with van der Waals surface area (Å²) < 4.78 is 39.5. The van der Waals surface area contributed by atoms with Crippen molar-refractivity contribution in [2.45, 2.75) is 19.2 Å². The molecule has 0 aromatic carbocycles. The Labute approximate surface area is 97.2 Å². The van der Waals surface area contributed by atoms with Gasteiger partial charge in [-0.1, -0.05) is 0 Å². The third-order valence-corrected chi connectivity index (χ3v) is 2.57. The maximum atomic E-state index is 11.9. The predicted molar refractivity (Wildman–Crippen MR) is 56.9 cm³/mol. The minimum Gasteiger partial charge on any atom is -0.404 e. The van der Waals surface area contributed by atoms with Crippen LogP contribution in [0.5, 0.6) is 5.75 Å². The zero-order valence-corrected chi connectivity index (χ0v) is 9.37. The van der Waals surface area contributed by atoms with Crippen LogP contribution < -0.4 is 9.64 Å². The summed E-state index contributed by atoms with van der Waals surface area (Å²) in [4.78, 5) is 5.88. The molecule has 3 nitrogen and oxygen atoms in total. The van der Waals surface area contributed by atoms with Crippen molar-refractivity contribution < 1.29 is 17.9 Å². The van der Waals surface area contributed by atoms with Crippen LogP contribution in [0.2, 0.25) is 0 Å². The molecule has 94 valence electrons. The quantitative estimate of drug-likeness (QED) is 0.816. The summed E-state index contributed by atoms with van der Waals surface area (Å²) in [5.74, 6) is 1.07. The molecule has 1 heterocycles. The average Bonchev–Trinajstić information content (AvgIpc) is 3.00. The van der Waals surface area contributed by atoms with Crippen molar-refractivity contribution in [2.24, 2.45) is 5.92 Å². The number of rotatable bonds is 4. The van der Waals surface area contributed by atoms with E-state index in [2.05, 4.69) is 9.72 Å². The molecule has 1 aromatic rings. The SMILES string of the molecule is CN(CC1CC1)c1ccc(OC(F)(F)F)cn1. The lowest BCUT2D eigenvalue weighted by Crippen LogP contribution is -2.21. The molecule has 0 unspecified atom stereocenters.